The average Bonchev–Trinajstić information content (AvgIpc) is 3.55. The highest BCUT2D eigenvalue weighted by atomic mass is 16.5. The number of ether oxygens (including phenoxy) is 1. The molecule has 1 amide bonds. The van der Waals surface area contributed by atoms with E-state index in [2.05, 4.69) is 55.6 Å². The number of aliphatic hydroxyl groups excluding tert-OH is 2. The molecule has 6 heteroatoms. The van der Waals surface area contributed by atoms with Gasteiger partial charge in [0.1, 0.15) is 0 Å². The molecule has 0 bridgehead atoms. The van der Waals surface area contributed by atoms with Crippen LogP contribution in [0.15, 0.2) is 48.6 Å². The third-order valence-electron chi connectivity index (χ3n) is 18.8. The van der Waals surface area contributed by atoms with Crippen molar-refractivity contribution in [3.05, 3.63) is 48.6 Å². The summed E-state index contributed by atoms with van der Waals surface area (Å²) >= 11 is 0. The van der Waals surface area contributed by atoms with Crippen molar-refractivity contribution in [3.63, 3.8) is 0 Å². The number of unbranched alkanes of at least 4 members (excludes halogenated alkanes) is 59. The highest BCUT2D eigenvalue weighted by Crippen LogP contribution is 2.19. The molecule has 0 aliphatic heterocycles. The maximum atomic E-state index is 12.5. The van der Waals surface area contributed by atoms with Crippen molar-refractivity contribution in [2.45, 2.75) is 456 Å². The second-order valence-corrected chi connectivity index (χ2v) is 27.7. The molecule has 0 spiro atoms. The zero-order valence-corrected chi connectivity index (χ0v) is 60.2. The molecule has 2 atom stereocenters. The number of carbonyl (C=O) groups excluding carboxylic acids is 2. The van der Waals surface area contributed by atoms with Gasteiger partial charge in [-0.15, -0.1) is 0 Å². The average molecular weight is 1250 g/mol. The van der Waals surface area contributed by atoms with Gasteiger partial charge in [-0.05, 0) is 89.9 Å². The Kier molecular flexibility index (Phi) is 76.3. The maximum Gasteiger partial charge on any atom is 0.305 e. The second-order valence-electron chi connectivity index (χ2n) is 27.7. The molecule has 0 aromatic rings. The van der Waals surface area contributed by atoms with Crippen LogP contribution in [0.4, 0.5) is 0 Å². The van der Waals surface area contributed by atoms with Crippen molar-refractivity contribution in [2.75, 3.05) is 13.2 Å². The summed E-state index contributed by atoms with van der Waals surface area (Å²) in [6.45, 7) is 4.93. The van der Waals surface area contributed by atoms with E-state index in [-0.39, 0.29) is 18.5 Å². The lowest BCUT2D eigenvalue weighted by Crippen LogP contribution is -2.45. The van der Waals surface area contributed by atoms with Crippen molar-refractivity contribution in [3.8, 4) is 0 Å². The van der Waals surface area contributed by atoms with E-state index in [1.165, 1.54) is 366 Å². The molecule has 0 aromatic carbocycles. The molecule has 0 fully saturated rings. The smallest absolute Gasteiger partial charge is 0.305 e. The molecule has 0 radical (unpaired) electrons. The Bertz CT molecular complexity index is 1490. The standard InChI is InChI=1S/C83H157NO5/c1-3-5-7-9-11-13-15-17-19-21-22-38-41-44-47-51-55-59-63-67-71-75-81(86)80(79-85)84-82(87)76-72-68-64-60-56-52-48-45-42-39-36-34-32-30-28-26-24-23-25-27-29-31-33-35-37-40-43-46-50-54-58-62-66-70-74-78-89-83(88)77-73-69-65-61-57-53-49-20-18-16-14-12-10-8-6-4-2/h14,16,20,25,27,49,71,75,80-81,85-86H,3-13,15,17-19,21-24,26,28-48,50-70,72-74,76-79H2,1-2H3,(H,84,87)/b16-14-,27-25-,49-20-,75-71+. The molecule has 0 heterocycles. The summed E-state index contributed by atoms with van der Waals surface area (Å²) in [7, 11) is 0. The summed E-state index contributed by atoms with van der Waals surface area (Å²) in [5, 5.41) is 23.3. The maximum absolute atomic E-state index is 12.5. The molecule has 0 rings (SSSR count). The van der Waals surface area contributed by atoms with Crippen LogP contribution in [0, 0.1) is 0 Å². The second kappa shape index (κ2) is 78.3. The van der Waals surface area contributed by atoms with Crippen LogP contribution in [-0.2, 0) is 14.3 Å². The molecule has 2 unspecified atom stereocenters. The summed E-state index contributed by atoms with van der Waals surface area (Å²) in [5.74, 6) is -0.0533. The molecular formula is C83H157NO5. The molecule has 0 aromatic heterocycles. The van der Waals surface area contributed by atoms with E-state index in [1.54, 1.807) is 6.08 Å². The summed E-state index contributed by atoms with van der Waals surface area (Å²) in [4.78, 5) is 24.6. The Balaban J connectivity index is 3.37. The van der Waals surface area contributed by atoms with Crippen LogP contribution in [0.3, 0.4) is 0 Å². The SMILES string of the molecule is CCCCCC/C=C\C/C=C\CCCCCCCC(=O)OCCCCCCCCCCCCCCCC/C=C\CCCCCCCCCCCCCCCCCCCC(=O)NC(CO)C(O)/C=C/CCCCCCCCCCCCCCCCCCCCC. The van der Waals surface area contributed by atoms with Gasteiger partial charge in [0, 0.05) is 12.8 Å². The minimum atomic E-state index is -0.844. The van der Waals surface area contributed by atoms with E-state index in [0.717, 1.165) is 51.4 Å². The van der Waals surface area contributed by atoms with Crippen LogP contribution in [-0.4, -0.2) is 47.4 Å². The predicted octanol–water partition coefficient (Wildman–Crippen LogP) is 26.8. The van der Waals surface area contributed by atoms with Gasteiger partial charge in [0.05, 0.1) is 25.4 Å². The van der Waals surface area contributed by atoms with Gasteiger partial charge < -0.3 is 20.3 Å². The molecular weight excluding hydrogens is 1090 g/mol. The van der Waals surface area contributed by atoms with Gasteiger partial charge in [0.15, 0.2) is 0 Å². The van der Waals surface area contributed by atoms with Crippen LogP contribution >= 0.6 is 0 Å². The Hall–Kier alpha value is -2.18. The lowest BCUT2D eigenvalue weighted by atomic mass is 10.0. The molecule has 89 heavy (non-hydrogen) atoms. The monoisotopic (exact) mass is 1250 g/mol. The van der Waals surface area contributed by atoms with Crippen LogP contribution in [0.1, 0.15) is 444 Å². The van der Waals surface area contributed by atoms with E-state index < -0.39 is 12.1 Å². The van der Waals surface area contributed by atoms with Gasteiger partial charge in [-0.2, -0.15) is 0 Å². The first-order valence-corrected chi connectivity index (χ1v) is 40.4. The number of hydrogen-bond donors (Lipinski definition) is 3. The first-order chi connectivity index (χ1) is 44.0. The van der Waals surface area contributed by atoms with Gasteiger partial charge in [-0.25, -0.2) is 0 Å². The number of allylic oxidation sites excluding steroid dienone is 7. The first kappa shape index (κ1) is 86.8. The minimum Gasteiger partial charge on any atom is -0.466 e. The number of esters is 1. The van der Waals surface area contributed by atoms with Gasteiger partial charge in [0.25, 0.3) is 0 Å². The fourth-order valence-electron chi connectivity index (χ4n) is 12.7. The van der Waals surface area contributed by atoms with Gasteiger partial charge in [-0.3, -0.25) is 9.59 Å². The van der Waals surface area contributed by atoms with Gasteiger partial charge in [-0.1, -0.05) is 390 Å². The number of amides is 1. The normalized spacial score (nSPS) is 12.7. The van der Waals surface area contributed by atoms with Crippen molar-refractivity contribution in [1.29, 1.82) is 0 Å². The van der Waals surface area contributed by atoms with E-state index in [1.807, 2.05) is 6.08 Å². The number of rotatable bonds is 76. The van der Waals surface area contributed by atoms with Gasteiger partial charge >= 0.3 is 5.97 Å². The zero-order chi connectivity index (χ0) is 64.2. The van der Waals surface area contributed by atoms with E-state index in [9.17, 15) is 19.8 Å². The van der Waals surface area contributed by atoms with Crippen molar-refractivity contribution in [2.24, 2.45) is 0 Å². The van der Waals surface area contributed by atoms with Crippen LogP contribution in [0.2, 0.25) is 0 Å². The molecule has 6 nitrogen and oxygen atoms in total. The Morgan fingerprint density at radius 3 is 0.876 bits per heavy atom. The highest BCUT2D eigenvalue weighted by Gasteiger charge is 2.18. The largest absolute Gasteiger partial charge is 0.466 e. The third kappa shape index (κ3) is 74.7. The number of hydrogen-bond acceptors (Lipinski definition) is 5. The molecule has 0 aliphatic rings. The molecule has 0 saturated heterocycles. The quantitative estimate of drug-likeness (QED) is 0.0320. The lowest BCUT2D eigenvalue weighted by Gasteiger charge is -2.20. The fourth-order valence-corrected chi connectivity index (χ4v) is 12.7. The molecule has 0 saturated carbocycles. The Morgan fingerprint density at radius 1 is 0.315 bits per heavy atom. The van der Waals surface area contributed by atoms with Crippen LogP contribution in [0.25, 0.3) is 0 Å². The minimum absolute atomic E-state index is 0.00694. The lowest BCUT2D eigenvalue weighted by molar-refractivity contribution is -0.143. The summed E-state index contributed by atoms with van der Waals surface area (Å²) in [6, 6.07) is -0.627. The van der Waals surface area contributed by atoms with Crippen molar-refractivity contribution >= 4 is 11.9 Å². The van der Waals surface area contributed by atoms with Crippen molar-refractivity contribution < 1.29 is 24.5 Å². The molecule has 0 aliphatic carbocycles. The van der Waals surface area contributed by atoms with Gasteiger partial charge in [0.2, 0.25) is 5.91 Å². The van der Waals surface area contributed by atoms with Crippen LogP contribution in [0.5, 0.6) is 0 Å². The number of nitrogens with one attached hydrogen (secondary N) is 1. The van der Waals surface area contributed by atoms with E-state index >= 15 is 0 Å². The van der Waals surface area contributed by atoms with E-state index in [0.29, 0.717) is 19.4 Å². The summed E-state index contributed by atoms with van der Waals surface area (Å²) in [5.41, 5.74) is 0. The molecule has 3 N–H and O–H groups in total. The Labute approximate surface area is 556 Å². The topological polar surface area (TPSA) is 95.9 Å². The number of carbonyl (C=O) groups is 2. The highest BCUT2D eigenvalue weighted by molar-refractivity contribution is 5.76. The van der Waals surface area contributed by atoms with Crippen LogP contribution < -0.4 is 5.32 Å². The summed E-state index contributed by atoms with van der Waals surface area (Å²) in [6.07, 6.45) is 104. The first-order valence-electron chi connectivity index (χ1n) is 40.4. The Morgan fingerprint density at radius 2 is 0.562 bits per heavy atom. The zero-order valence-electron chi connectivity index (χ0n) is 60.2. The molecule has 524 valence electrons. The third-order valence-corrected chi connectivity index (χ3v) is 18.8. The van der Waals surface area contributed by atoms with E-state index in [4.69, 9.17) is 4.74 Å². The summed E-state index contributed by atoms with van der Waals surface area (Å²) < 4.78 is 5.50. The predicted molar refractivity (Wildman–Crippen MR) is 393 cm³/mol. The number of aliphatic hydroxyl groups is 2. The fraction of sp³-hybridized carbons (Fsp3) is 0.880. The van der Waals surface area contributed by atoms with Crippen molar-refractivity contribution in [1.82, 2.24) is 5.32 Å².